The topological polar surface area (TPSA) is 27.7 Å². The Labute approximate surface area is 123 Å². The predicted molar refractivity (Wildman–Crippen MR) is 90.8 cm³/mol. The second kappa shape index (κ2) is 8.09. The SMILES string of the molecule is CCCCCOC[Si](C)(C)O[Si](C)(C)O[Si](C)(C)C. The van der Waals surface area contributed by atoms with Crippen molar-refractivity contribution >= 4 is 25.2 Å². The Kier molecular flexibility index (Phi) is 8.32. The van der Waals surface area contributed by atoms with Crippen molar-refractivity contribution in [3.8, 4) is 0 Å². The molecule has 0 aliphatic rings. The normalized spacial score (nSPS) is 13.9. The molecule has 0 saturated heterocycles. The molecule has 0 aliphatic heterocycles. The Morgan fingerprint density at radius 1 is 0.789 bits per heavy atom. The van der Waals surface area contributed by atoms with Gasteiger partial charge in [-0.05, 0) is 52.2 Å². The summed E-state index contributed by atoms with van der Waals surface area (Å²) in [6.45, 7) is 18.5. The summed E-state index contributed by atoms with van der Waals surface area (Å²) < 4.78 is 18.4. The molecule has 0 aromatic heterocycles. The Hall–Kier alpha value is 0.531. The van der Waals surface area contributed by atoms with Gasteiger partial charge in [0.25, 0.3) is 0 Å². The second-order valence-electron chi connectivity index (χ2n) is 7.24. The maximum atomic E-state index is 6.37. The van der Waals surface area contributed by atoms with Crippen molar-refractivity contribution in [2.75, 3.05) is 12.8 Å². The number of unbranched alkanes of at least 4 members (excludes halogenated alkanes) is 2. The zero-order chi connectivity index (χ0) is 15.2. The van der Waals surface area contributed by atoms with Crippen LogP contribution in [0.4, 0.5) is 0 Å². The summed E-state index contributed by atoms with van der Waals surface area (Å²) in [5, 5.41) is 0. The lowest BCUT2D eigenvalue weighted by Gasteiger charge is -2.37. The van der Waals surface area contributed by atoms with E-state index in [1.165, 1.54) is 12.8 Å². The zero-order valence-corrected chi connectivity index (χ0v) is 17.3. The highest BCUT2D eigenvalue weighted by Gasteiger charge is 2.38. The van der Waals surface area contributed by atoms with Gasteiger partial charge in [-0.3, -0.25) is 0 Å². The van der Waals surface area contributed by atoms with Crippen LogP contribution in [0.5, 0.6) is 0 Å². The lowest BCUT2D eigenvalue weighted by Crippen LogP contribution is -2.53. The maximum Gasteiger partial charge on any atom is 0.311 e. The largest absolute Gasteiger partial charge is 0.437 e. The average molecular weight is 323 g/mol. The summed E-state index contributed by atoms with van der Waals surface area (Å²) in [6.07, 6.45) is 4.43. The smallest absolute Gasteiger partial charge is 0.311 e. The molecule has 0 bridgehead atoms. The van der Waals surface area contributed by atoms with Gasteiger partial charge >= 0.3 is 8.56 Å². The van der Waals surface area contributed by atoms with Crippen molar-refractivity contribution in [1.82, 2.24) is 0 Å². The zero-order valence-electron chi connectivity index (χ0n) is 14.3. The van der Waals surface area contributed by atoms with E-state index in [-0.39, 0.29) is 0 Å². The van der Waals surface area contributed by atoms with E-state index in [0.717, 1.165) is 19.3 Å². The fourth-order valence-corrected chi connectivity index (χ4v) is 14.9. The molecular weight excluding hydrogens is 288 g/mol. The van der Waals surface area contributed by atoms with Crippen LogP contribution >= 0.6 is 0 Å². The highest BCUT2D eigenvalue weighted by molar-refractivity contribution is 6.87. The molecule has 0 aromatic rings. The van der Waals surface area contributed by atoms with Gasteiger partial charge in [0.1, 0.15) is 0 Å². The number of rotatable bonds is 10. The van der Waals surface area contributed by atoms with Crippen LogP contribution in [0.25, 0.3) is 0 Å². The minimum absolute atomic E-state index is 0.780. The van der Waals surface area contributed by atoms with E-state index in [0.29, 0.717) is 0 Å². The highest BCUT2D eigenvalue weighted by Crippen LogP contribution is 2.20. The van der Waals surface area contributed by atoms with E-state index in [9.17, 15) is 0 Å². The molecule has 0 saturated carbocycles. The first-order valence-corrected chi connectivity index (χ1v) is 16.8. The van der Waals surface area contributed by atoms with Crippen LogP contribution in [0.3, 0.4) is 0 Å². The summed E-state index contributed by atoms with van der Waals surface area (Å²) in [4.78, 5) is 0. The van der Waals surface area contributed by atoms with Gasteiger partial charge in [0.2, 0.25) is 8.32 Å². The van der Waals surface area contributed by atoms with Crippen LogP contribution in [0, 0.1) is 0 Å². The highest BCUT2D eigenvalue weighted by atomic mass is 28.5. The lowest BCUT2D eigenvalue weighted by molar-refractivity contribution is 0.158. The molecular formula is C13H34O3Si3. The Bertz CT molecular complexity index is 250. The molecule has 0 radical (unpaired) electrons. The molecule has 3 nitrogen and oxygen atoms in total. The number of hydrogen-bond acceptors (Lipinski definition) is 3. The minimum Gasteiger partial charge on any atom is -0.437 e. The molecule has 0 unspecified atom stereocenters. The third-order valence-corrected chi connectivity index (χ3v) is 11.9. The van der Waals surface area contributed by atoms with Crippen molar-refractivity contribution in [2.45, 2.75) is 72.0 Å². The first-order chi connectivity index (χ1) is 8.47. The van der Waals surface area contributed by atoms with Crippen LogP contribution in [-0.2, 0) is 13.0 Å². The van der Waals surface area contributed by atoms with Crippen molar-refractivity contribution in [3.05, 3.63) is 0 Å². The van der Waals surface area contributed by atoms with E-state index >= 15 is 0 Å². The van der Waals surface area contributed by atoms with Gasteiger partial charge < -0.3 is 13.0 Å². The first-order valence-electron chi connectivity index (χ1n) is 7.45. The van der Waals surface area contributed by atoms with E-state index in [1.807, 2.05) is 0 Å². The van der Waals surface area contributed by atoms with E-state index in [2.05, 4.69) is 52.8 Å². The molecule has 0 rings (SSSR count). The standard InChI is InChI=1S/C13H34O3Si3/c1-9-10-11-12-14-13-18(5,6)16-19(7,8)15-17(2,3)4/h9-13H2,1-8H3. The molecule has 0 atom stereocenters. The molecule has 19 heavy (non-hydrogen) atoms. The minimum atomic E-state index is -2.01. The quantitative estimate of drug-likeness (QED) is 0.437. The molecule has 6 heteroatoms. The summed E-state index contributed by atoms with van der Waals surface area (Å²) in [6, 6.07) is 0. The molecule has 0 aromatic carbocycles. The van der Waals surface area contributed by atoms with Gasteiger partial charge in [0.05, 0.1) is 6.23 Å². The fraction of sp³-hybridized carbons (Fsp3) is 1.00. The summed E-state index contributed by atoms with van der Waals surface area (Å²) in [7, 11) is -5.29. The van der Waals surface area contributed by atoms with Crippen molar-refractivity contribution in [2.24, 2.45) is 0 Å². The van der Waals surface area contributed by atoms with Gasteiger partial charge in [0.15, 0.2) is 8.32 Å². The molecule has 0 fully saturated rings. The Morgan fingerprint density at radius 2 is 1.37 bits per heavy atom. The van der Waals surface area contributed by atoms with Crippen LogP contribution in [0.1, 0.15) is 26.2 Å². The molecule has 0 N–H and O–H groups in total. The fourth-order valence-electron chi connectivity index (χ4n) is 2.23. The van der Waals surface area contributed by atoms with Gasteiger partial charge in [-0.25, -0.2) is 0 Å². The molecule has 0 aliphatic carbocycles. The third kappa shape index (κ3) is 12.0. The molecule has 0 amide bonds. The third-order valence-electron chi connectivity index (χ3n) is 2.42. The monoisotopic (exact) mass is 322 g/mol. The number of hydrogen-bond donors (Lipinski definition) is 0. The van der Waals surface area contributed by atoms with Gasteiger partial charge in [0, 0.05) is 6.61 Å². The van der Waals surface area contributed by atoms with Gasteiger partial charge in [-0.2, -0.15) is 0 Å². The van der Waals surface area contributed by atoms with Crippen molar-refractivity contribution in [1.29, 1.82) is 0 Å². The summed E-state index contributed by atoms with van der Waals surface area (Å²) >= 11 is 0. The van der Waals surface area contributed by atoms with Crippen LogP contribution < -0.4 is 0 Å². The van der Waals surface area contributed by atoms with E-state index in [4.69, 9.17) is 13.0 Å². The average Bonchev–Trinajstić information content (AvgIpc) is 2.10. The van der Waals surface area contributed by atoms with E-state index < -0.39 is 25.2 Å². The van der Waals surface area contributed by atoms with Gasteiger partial charge in [-0.1, -0.05) is 19.8 Å². The maximum absolute atomic E-state index is 6.37. The van der Waals surface area contributed by atoms with E-state index in [1.54, 1.807) is 0 Å². The van der Waals surface area contributed by atoms with Crippen LogP contribution in [-0.4, -0.2) is 38.0 Å². The van der Waals surface area contributed by atoms with Crippen LogP contribution in [0.2, 0.25) is 45.8 Å². The predicted octanol–water partition coefficient (Wildman–Crippen LogP) is 4.51. The van der Waals surface area contributed by atoms with Crippen LogP contribution in [0.15, 0.2) is 0 Å². The first kappa shape index (κ1) is 19.5. The summed E-state index contributed by atoms with van der Waals surface area (Å²) in [5.41, 5.74) is 0. The number of ether oxygens (including phenoxy) is 1. The molecule has 0 spiro atoms. The van der Waals surface area contributed by atoms with Gasteiger partial charge in [-0.15, -0.1) is 0 Å². The Balaban J connectivity index is 4.12. The Morgan fingerprint density at radius 3 is 1.84 bits per heavy atom. The molecule has 0 heterocycles. The lowest BCUT2D eigenvalue weighted by atomic mass is 10.3. The van der Waals surface area contributed by atoms with Crippen molar-refractivity contribution < 1.29 is 13.0 Å². The summed E-state index contributed by atoms with van der Waals surface area (Å²) in [5.74, 6) is 0. The van der Waals surface area contributed by atoms with Crippen molar-refractivity contribution in [3.63, 3.8) is 0 Å². The second-order valence-corrected chi connectivity index (χ2v) is 19.7. The molecule has 116 valence electrons.